The lowest BCUT2D eigenvalue weighted by atomic mass is 9.92. The van der Waals surface area contributed by atoms with E-state index in [1.165, 1.54) is 24.5 Å². The quantitative estimate of drug-likeness (QED) is 0.745. The minimum absolute atomic E-state index is 0.0245. The molecule has 0 spiro atoms. The van der Waals surface area contributed by atoms with E-state index in [-0.39, 0.29) is 23.6 Å². The largest absolute Gasteiger partial charge is 0.573 e. The number of hydrogen-bond donors (Lipinski definition) is 1. The number of aliphatic hydroxyl groups excluding tert-OH is 1. The lowest BCUT2D eigenvalue weighted by Crippen LogP contribution is -2.31. The highest BCUT2D eigenvalue weighted by Gasteiger charge is 2.44. The summed E-state index contributed by atoms with van der Waals surface area (Å²) in [7, 11) is 0. The Labute approximate surface area is 170 Å². The Kier molecular flexibility index (Phi) is 5.82. The van der Waals surface area contributed by atoms with Gasteiger partial charge >= 0.3 is 6.36 Å². The zero-order chi connectivity index (χ0) is 22.1. The van der Waals surface area contributed by atoms with Crippen molar-refractivity contribution in [3.8, 4) is 5.75 Å². The molecule has 1 aliphatic heterocycles. The lowest BCUT2D eigenvalue weighted by molar-refractivity contribution is -0.274. The van der Waals surface area contributed by atoms with Crippen molar-refractivity contribution in [2.45, 2.75) is 32.7 Å². The number of pyridine rings is 1. The van der Waals surface area contributed by atoms with E-state index < -0.39 is 35.6 Å². The normalized spacial score (nSPS) is 17.1. The van der Waals surface area contributed by atoms with E-state index in [0.717, 1.165) is 17.0 Å². The fourth-order valence-corrected chi connectivity index (χ4v) is 3.33. The molecule has 3 rings (SSSR count). The predicted molar refractivity (Wildman–Crippen MR) is 102 cm³/mol. The maximum atomic E-state index is 12.9. The number of halogens is 3. The van der Waals surface area contributed by atoms with Gasteiger partial charge in [-0.2, -0.15) is 0 Å². The molecule has 2 aromatic rings. The van der Waals surface area contributed by atoms with Gasteiger partial charge in [0.25, 0.3) is 5.91 Å². The number of ketones is 1. The smallest absolute Gasteiger partial charge is 0.503 e. The molecule has 1 unspecified atom stereocenters. The molecule has 1 N–H and O–H groups in total. The van der Waals surface area contributed by atoms with E-state index in [0.29, 0.717) is 5.56 Å². The summed E-state index contributed by atoms with van der Waals surface area (Å²) in [5.41, 5.74) is 0.432. The number of anilines is 1. The Bertz CT molecular complexity index is 987. The zero-order valence-corrected chi connectivity index (χ0v) is 16.2. The van der Waals surface area contributed by atoms with Crippen molar-refractivity contribution < 1.29 is 32.6 Å². The van der Waals surface area contributed by atoms with Crippen LogP contribution in [-0.2, 0) is 9.59 Å². The number of benzene rings is 1. The molecular formula is C21H19F3N2O4. The second-order valence-electron chi connectivity index (χ2n) is 7.19. The summed E-state index contributed by atoms with van der Waals surface area (Å²) in [5, 5.41) is 10.5. The van der Waals surface area contributed by atoms with Gasteiger partial charge in [-0.1, -0.05) is 19.9 Å². The third-order valence-corrected chi connectivity index (χ3v) is 4.45. The summed E-state index contributed by atoms with van der Waals surface area (Å²) in [6.45, 7) is 3.65. The fourth-order valence-electron chi connectivity index (χ4n) is 3.33. The van der Waals surface area contributed by atoms with Crippen LogP contribution in [0.2, 0.25) is 0 Å². The molecule has 1 atom stereocenters. The molecule has 1 aliphatic rings. The van der Waals surface area contributed by atoms with E-state index in [1.807, 2.05) is 13.8 Å². The van der Waals surface area contributed by atoms with Crippen molar-refractivity contribution in [2.75, 3.05) is 4.90 Å². The van der Waals surface area contributed by atoms with E-state index in [2.05, 4.69) is 9.72 Å². The van der Waals surface area contributed by atoms with Crippen molar-refractivity contribution in [3.63, 3.8) is 0 Å². The summed E-state index contributed by atoms with van der Waals surface area (Å²) in [6.07, 6.45) is -1.89. The number of Topliss-reactive ketones (excluding diaryl/α,β-unsaturated/α-hetero) is 1. The Balaban J connectivity index is 2.09. The summed E-state index contributed by atoms with van der Waals surface area (Å²) in [5.74, 6) is -2.56. The molecule has 1 aromatic carbocycles. The molecule has 158 valence electrons. The van der Waals surface area contributed by atoms with Crippen molar-refractivity contribution in [1.29, 1.82) is 0 Å². The number of hydrogen-bond acceptors (Lipinski definition) is 5. The first-order valence-corrected chi connectivity index (χ1v) is 9.14. The van der Waals surface area contributed by atoms with Crippen LogP contribution in [0.15, 0.2) is 60.1 Å². The molecule has 2 heterocycles. The number of ether oxygens (including phenoxy) is 1. The zero-order valence-electron chi connectivity index (χ0n) is 16.2. The minimum Gasteiger partial charge on any atom is -0.503 e. The van der Waals surface area contributed by atoms with Gasteiger partial charge in [-0.3, -0.25) is 19.5 Å². The fraction of sp³-hybridized carbons (Fsp3) is 0.286. The van der Waals surface area contributed by atoms with Crippen LogP contribution in [0.4, 0.5) is 18.9 Å². The number of alkyl halides is 3. The van der Waals surface area contributed by atoms with Gasteiger partial charge in [-0.25, -0.2) is 0 Å². The van der Waals surface area contributed by atoms with Crippen LogP contribution in [0.25, 0.3) is 0 Å². The van der Waals surface area contributed by atoms with Crippen LogP contribution in [0.5, 0.6) is 5.75 Å². The number of rotatable bonds is 6. The Hall–Kier alpha value is -3.36. The van der Waals surface area contributed by atoms with Crippen LogP contribution in [0, 0.1) is 5.92 Å². The van der Waals surface area contributed by atoms with Gasteiger partial charge in [0.15, 0.2) is 11.5 Å². The number of aliphatic hydroxyl groups is 1. The highest BCUT2D eigenvalue weighted by Crippen LogP contribution is 2.42. The van der Waals surface area contributed by atoms with Crippen LogP contribution in [0.3, 0.4) is 0 Å². The third kappa shape index (κ3) is 4.45. The molecule has 1 amide bonds. The van der Waals surface area contributed by atoms with Gasteiger partial charge in [0.05, 0.1) is 11.6 Å². The van der Waals surface area contributed by atoms with Crippen LogP contribution in [-0.4, -0.2) is 28.1 Å². The standard InChI is InChI=1S/C21H19F3N2O4/c1-12(2)10-16(27)17-18(13-6-8-25-9-7-13)26(20(29)19(17)28)14-4-3-5-15(11-14)30-21(22,23)24/h3-9,11-12,18,28H,10H2,1-2H3. The van der Waals surface area contributed by atoms with E-state index in [4.69, 9.17) is 0 Å². The molecule has 9 heteroatoms. The van der Waals surface area contributed by atoms with E-state index in [9.17, 15) is 27.9 Å². The number of aromatic nitrogens is 1. The molecule has 0 radical (unpaired) electrons. The number of amides is 1. The van der Waals surface area contributed by atoms with E-state index >= 15 is 0 Å². The minimum atomic E-state index is -4.91. The highest BCUT2D eigenvalue weighted by molar-refractivity contribution is 6.16. The van der Waals surface area contributed by atoms with Crippen LogP contribution in [0.1, 0.15) is 31.9 Å². The van der Waals surface area contributed by atoms with Gasteiger partial charge in [0.2, 0.25) is 0 Å². The van der Waals surface area contributed by atoms with E-state index in [1.54, 1.807) is 12.1 Å². The van der Waals surface area contributed by atoms with Crippen LogP contribution >= 0.6 is 0 Å². The first-order valence-electron chi connectivity index (χ1n) is 9.14. The molecule has 6 nitrogen and oxygen atoms in total. The third-order valence-electron chi connectivity index (χ3n) is 4.45. The maximum Gasteiger partial charge on any atom is 0.573 e. The topological polar surface area (TPSA) is 79.7 Å². The SMILES string of the molecule is CC(C)CC(=O)C1=C(O)C(=O)N(c2cccc(OC(F)(F)F)c2)C1c1ccncc1. The Morgan fingerprint density at radius 1 is 1.23 bits per heavy atom. The predicted octanol–water partition coefficient (Wildman–Crippen LogP) is 4.50. The molecule has 0 fully saturated rings. The average molecular weight is 420 g/mol. The van der Waals surface area contributed by atoms with Gasteiger partial charge in [0, 0.05) is 30.6 Å². The molecule has 1 aromatic heterocycles. The number of carbonyl (C=O) groups excluding carboxylic acids is 2. The summed E-state index contributed by atoms with van der Waals surface area (Å²) in [4.78, 5) is 30.7. The lowest BCUT2D eigenvalue weighted by Gasteiger charge is -2.27. The molecule has 0 saturated heterocycles. The number of carbonyl (C=O) groups is 2. The van der Waals surface area contributed by atoms with Crippen molar-refractivity contribution in [3.05, 3.63) is 65.7 Å². The molecule has 0 aliphatic carbocycles. The van der Waals surface area contributed by atoms with Crippen molar-refractivity contribution in [1.82, 2.24) is 4.98 Å². The summed E-state index contributed by atoms with van der Waals surface area (Å²) in [6, 6.07) is 6.95. The van der Waals surface area contributed by atoms with Crippen molar-refractivity contribution in [2.24, 2.45) is 5.92 Å². The first kappa shape index (κ1) is 21.4. The maximum absolute atomic E-state index is 12.9. The second-order valence-corrected chi connectivity index (χ2v) is 7.19. The highest BCUT2D eigenvalue weighted by atomic mass is 19.4. The Morgan fingerprint density at radius 3 is 2.50 bits per heavy atom. The van der Waals surface area contributed by atoms with Gasteiger partial charge < -0.3 is 9.84 Å². The van der Waals surface area contributed by atoms with Gasteiger partial charge in [-0.15, -0.1) is 13.2 Å². The average Bonchev–Trinajstić information content (AvgIpc) is 2.92. The molecular weight excluding hydrogens is 401 g/mol. The summed E-state index contributed by atoms with van der Waals surface area (Å²) < 4.78 is 41.8. The van der Waals surface area contributed by atoms with Gasteiger partial charge in [0.1, 0.15) is 5.75 Å². The van der Waals surface area contributed by atoms with Crippen molar-refractivity contribution >= 4 is 17.4 Å². The van der Waals surface area contributed by atoms with Crippen LogP contribution < -0.4 is 9.64 Å². The monoisotopic (exact) mass is 420 g/mol. The number of nitrogens with zero attached hydrogens (tertiary/aromatic N) is 2. The molecule has 30 heavy (non-hydrogen) atoms. The Morgan fingerprint density at radius 2 is 1.90 bits per heavy atom. The summed E-state index contributed by atoms with van der Waals surface area (Å²) >= 11 is 0. The molecule has 0 saturated carbocycles. The van der Waals surface area contributed by atoms with Gasteiger partial charge in [-0.05, 0) is 35.7 Å². The first-order chi connectivity index (χ1) is 14.1. The second kappa shape index (κ2) is 8.17. The molecule has 0 bridgehead atoms.